The second-order valence-electron chi connectivity index (χ2n) is 3.33. The van der Waals surface area contributed by atoms with E-state index in [1.807, 2.05) is 25.4 Å². The standard InChI is InChI=1S/C11H12BrN3S/c1-13-6-4-9-10(12)15-11(16-9)8-3-2-5-14-7-8/h2-3,5,7,13H,4,6H2,1H3. The summed E-state index contributed by atoms with van der Waals surface area (Å²) >= 11 is 5.21. The van der Waals surface area contributed by atoms with Crippen LogP contribution in [0.5, 0.6) is 0 Å². The molecular formula is C11H12BrN3S. The van der Waals surface area contributed by atoms with Gasteiger partial charge in [-0.25, -0.2) is 4.98 Å². The first-order valence-electron chi connectivity index (χ1n) is 5.01. The monoisotopic (exact) mass is 297 g/mol. The lowest BCUT2D eigenvalue weighted by Crippen LogP contribution is -2.09. The van der Waals surface area contributed by atoms with Crippen LogP contribution in [0, 0.1) is 0 Å². The Kier molecular flexibility index (Phi) is 4.04. The summed E-state index contributed by atoms with van der Waals surface area (Å²) in [6.07, 6.45) is 4.61. The fourth-order valence-electron chi connectivity index (χ4n) is 1.34. The van der Waals surface area contributed by atoms with Crippen LogP contribution in [0.1, 0.15) is 4.88 Å². The molecule has 3 nitrogen and oxygen atoms in total. The molecule has 0 aliphatic rings. The van der Waals surface area contributed by atoms with E-state index in [9.17, 15) is 0 Å². The van der Waals surface area contributed by atoms with Gasteiger partial charge in [0.1, 0.15) is 9.61 Å². The highest BCUT2D eigenvalue weighted by Gasteiger charge is 2.09. The van der Waals surface area contributed by atoms with Crippen molar-refractivity contribution < 1.29 is 0 Å². The van der Waals surface area contributed by atoms with Gasteiger partial charge in [0.25, 0.3) is 0 Å². The van der Waals surface area contributed by atoms with Gasteiger partial charge in [-0.15, -0.1) is 11.3 Å². The Labute approximate surface area is 107 Å². The van der Waals surface area contributed by atoms with Crippen molar-refractivity contribution in [2.75, 3.05) is 13.6 Å². The molecule has 2 rings (SSSR count). The molecule has 16 heavy (non-hydrogen) atoms. The van der Waals surface area contributed by atoms with Crippen LogP contribution < -0.4 is 5.32 Å². The minimum Gasteiger partial charge on any atom is -0.319 e. The largest absolute Gasteiger partial charge is 0.319 e. The molecule has 0 radical (unpaired) electrons. The molecule has 0 aliphatic carbocycles. The van der Waals surface area contributed by atoms with Gasteiger partial charge in [-0.2, -0.15) is 0 Å². The number of hydrogen-bond donors (Lipinski definition) is 1. The number of halogens is 1. The van der Waals surface area contributed by atoms with E-state index >= 15 is 0 Å². The van der Waals surface area contributed by atoms with E-state index < -0.39 is 0 Å². The van der Waals surface area contributed by atoms with E-state index in [1.165, 1.54) is 4.88 Å². The van der Waals surface area contributed by atoms with Crippen LogP contribution in [0.15, 0.2) is 29.1 Å². The Morgan fingerprint density at radius 1 is 1.50 bits per heavy atom. The first kappa shape index (κ1) is 11.7. The Bertz CT molecular complexity index is 456. The minimum atomic E-state index is 0.951. The van der Waals surface area contributed by atoms with E-state index in [0.29, 0.717) is 0 Å². The van der Waals surface area contributed by atoms with Crippen molar-refractivity contribution in [1.29, 1.82) is 0 Å². The minimum absolute atomic E-state index is 0.951. The van der Waals surface area contributed by atoms with Crippen molar-refractivity contribution in [2.45, 2.75) is 6.42 Å². The fourth-order valence-corrected chi connectivity index (χ4v) is 3.02. The summed E-state index contributed by atoms with van der Waals surface area (Å²) in [5, 5.41) is 4.16. The molecule has 0 unspecified atom stereocenters. The molecule has 0 spiro atoms. The molecule has 0 aliphatic heterocycles. The van der Waals surface area contributed by atoms with Crippen molar-refractivity contribution in [1.82, 2.24) is 15.3 Å². The third kappa shape index (κ3) is 2.66. The van der Waals surface area contributed by atoms with Crippen LogP contribution in [0.4, 0.5) is 0 Å². The highest BCUT2D eigenvalue weighted by molar-refractivity contribution is 9.10. The number of pyridine rings is 1. The first-order valence-corrected chi connectivity index (χ1v) is 6.62. The first-order chi connectivity index (χ1) is 7.81. The van der Waals surface area contributed by atoms with Crippen molar-refractivity contribution in [2.24, 2.45) is 0 Å². The molecule has 84 valence electrons. The maximum Gasteiger partial charge on any atom is 0.126 e. The van der Waals surface area contributed by atoms with Crippen LogP contribution in [0.3, 0.4) is 0 Å². The molecule has 0 atom stereocenters. The fraction of sp³-hybridized carbons (Fsp3) is 0.273. The number of hydrogen-bond acceptors (Lipinski definition) is 4. The van der Waals surface area contributed by atoms with Gasteiger partial charge in [0.05, 0.1) is 0 Å². The molecule has 0 amide bonds. The van der Waals surface area contributed by atoms with Gasteiger partial charge in [0, 0.05) is 22.8 Å². The zero-order valence-corrected chi connectivity index (χ0v) is 11.3. The second kappa shape index (κ2) is 5.52. The molecule has 2 aromatic rings. The van der Waals surface area contributed by atoms with Crippen molar-refractivity contribution >= 4 is 27.3 Å². The van der Waals surface area contributed by atoms with Gasteiger partial charge in [-0.05, 0) is 48.1 Å². The third-order valence-corrected chi connectivity index (χ3v) is 4.24. The maximum atomic E-state index is 4.50. The second-order valence-corrected chi connectivity index (χ2v) is 5.16. The summed E-state index contributed by atoms with van der Waals surface area (Å²) in [6, 6.07) is 3.96. The molecule has 1 N–H and O–H groups in total. The van der Waals surface area contributed by atoms with Crippen molar-refractivity contribution in [3.63, 3.8) is 0 Å². The number of rotatable bonds is 4. The van der Waals surface area contributed by atoms with E-state index in [1.54, 1.807) is 17.5 Å². The number of likely N-dealkylation sites (N-methyl/N-ethyl adjacent to an activating group) is 1. The lowest BCUT2D eigenvalue weighted by atomic mass is 10.3. The Balaban J connectivity index is 2.24. The average molecular weight is 298 g/mol. The van der Waals surface area contributed by atoms with Gasteiger partial charge in [-0.1, -0.05) is 0 Å². The smallest absolute Gasteiger partial charge is 0.126 e. The summed E-state index contributed by atoms with van der Waals surface area (Å²) in [4.78, 5) is 9.87. The molecule has 0 saturated heterocycles. The Hall–Kier alpha value is -0.780. The molecule has 2 heterocycles. The summed E-state index contributed by atoms with van der Waals surface area (Å²) in [6.45, 7) is 0.966. The highest BCUT2D eigenvalue weighted by atomic mass is 79.9. The summed E-state index contributed by atoms with van der Waals surface area (Å²) in [7, 11) is 1.96. The number of aromatic nitrogens is 2. The molecule has 2 aromatic heterocycles. The SMILES string of the molecule is CNCCc1sc(-c2cccnc2)nc1Br. The number of nitrogens with zero attached hydrogens (tertiary/aromatic N) is 2. The average Bonchev–Trinajstić information content (AvgIpc) is 2.69. The zero-order chi connectivity index (χ0) is 11.4. The maximum absolute atomic E-state index is 4.50. The Morgan fingerprint density at radius 3 is 3.06 bits per heavy atom. The molecular weight excluding hydrogens is 286 g/mol. The molecule has 0 saturated carbocycles. The lowest BCUT2D eigenvalue weighted by Gasteiger charge is -1.95. The third-order valence-electron chi connectivity index (χ3n) is 2.16. The van der Waals surface area contributed by atoms with E-state index in [2.05, 4.69) is 31.2 Å². The van der Waals surface area contributed by atoms with Crippen molar-refractivity contribution in [3.8, 4) is 10.6 Å². The number of nitrogens with one attached hydrogen (secondary N) is 1. The highest BCUT2D eigenvalue weighted by Crippen LogP contribution is 2.30. The van der Waals surface area contributed by atoms with Gasteiger partial charge < -0.3 is 5.32 Å². The normalized spacial score (nSPS) is 10.6. The Morgan fingerprint density at radius 2 is 2.38 bits per heavy atom. The zero-order valence-electron chi connectivity index (χ0n) is 8.90. The molecule has 0 aromatic carbocycles. The van der Waals surface area contributed by atoms with Gasteiger partial charge in [-0.3, -0.25) is 4.98 Å². The summed E-state index contributed by atoms with van der Waals surface area (Å²) in [5.41, 5.74) is 1.07. The van der Waals surface area contributed by atoms with Crippen LogP contribution in [-0.2, 0) is 6.42 Å². The van der Waals surface area contributed by atoms with Gasteiger partial charge >= 0.3 is 0 Å². The van der Waals surface area contributed by atoms with Crippen LogP contribution >= 0.6 is 27.3 Å². The van der Waals surface area contributed by atoms with Gasteiger partial charge in [0.2, 0.25) is 0 Å². The van der Waals surface area contributed by atoms with Crippen LogP contribution in [0.2, 0.25) is 0 Å². The van der Waals surface area contributed by atoms with E-state index in [4.69, 9.17) is 0 Å². The number of thiazole rings is 1. The predicted molar refractivity (Wildman–Crippen MR) is 70.7 cm³/mol. The van der Waals surface area contributed by atoms with Gasteiger partial charge in [0.15, 0.2) is 0 Å². The van der Waals surface area contributed by atoms with Crippen LogP contribution in [0.25, 0.3) is 10.6 Å². The summed E-state index contributed by atoms with van der Waals surface area (Å²) in [5.74, 6) is 0. The van der Waals surface area contributed by atoms with Crippen molar-refractivity contribution in [3.05, 3.63) is 34.0 Å². The topological polar surface area (TPSA) is 37.8 Å². The predicted octanol–water partition coefficient (Wildman–Crippen LogP) is 2.73. The summed E-state index contributed by atoms with van der Waals surface area (Å²) < 4.78 is 0.951. The van der Waals surface area contributed by atoms with Crippen LogP contribution in [-0.4, -0.2) is 23.6 Å². The van der Waals surface area contributed by atoms with E-state index in [0.717, 1.165) is 28.1 Å². The lowest BCUT2D eigenvalue weighted by molar-refractivity contribution is 0.796. The molecule has 0 fully saturated rings. The molecule has 0 bridgehead atoms. The quantitative estimate of drug-likeness (QED) is 0.943. The molecule has 5 heteroatoms. The van der Waals surface area contributed by atoms with E-state index in [-0.39, 0.29) is 0 Å².